The summed E-state index contributed by atoms with van der Waals surface area (Å²) in [6.45, 7) is 3.94. The molecule has 144 valence electrons. The summed E-state index contributed by atoms with van der Waals surface area (Å²) in [5.41, 5.74) is 0. The number of ether oxygens (including phenoxy) is 1. The Bertz CT molecular complexity index is 481. The second-order valence-electron chi connectivity index (χ2n) is 6.78. The monoisotopic (exact) mass is 466 g/mol. The molecule has 2 fully saturated rings. The van der Waals surface area contributed by atoms with Crippen LogP contribution in [0.3, 0.4) is 0 Å². The van der Waals surface area contributed by atoms with Gasteiger partial charge in [-0.25, -0.2) is 0 Å². The van der Waals surface area contributed by atoms with Gasteiger partial charge in [0.25, 0.3) is 0 Å². The number of carbonyl (C=O) groups excluding carboxylic acids is 2. The third-order valence-corrected chi connectivity index (χ3v) is 4.98. The van der Waals surface area contributed by atoms with Crippen LogP contribution in [-0.2, 0) is 14.3 Å². The first-order valence-corrected chi connectivity index (χ1v) is 8.88. The SMILES string of the molecule is CN=C(NCCC(=O)NC1CCCC1)N1CC(C)C(C(=O)OC)C1.I. The highest BCUT2D eigenvalue weighted by atomic mass is 127. The van der Waals surface area contributed by atoms with Gasteiger partial charge >= 0.3 is 5.97 Å². The summed E-state index contributed by atoms with van der Waals surface area (Å²) < 4.78 is 4.86. The number of halogens is 1. The van der Waals surface area contributed by atoms with E-state index in [0.29, 0.717) is 25.6 Å². The zero-order chi connectivity index (χ0) is 17.5. The van der Waals surface area contributed by atoms with Crippen LogP contribution in [0, 0.1) is 11.8 Å². The molecule has 0 bridgehead atoms. The van der Waals surface area contributed by atoms with Crippen molar-refractivity contribution in [2.75, 3.05) is 33.8 Å². The van der Waals surface area contributed by atoms with Crippen molar-refractivity contribution < 1.29 is 14.3 Å². The molecule has 2 unspecified atom stereocenters. The van der Waals surface area contributed by atoms with Crippen LogP contribution in [0.2, 0.25) is 0 Å². The van der Waals surface area contributed by atoms with Gasteiger partial charge in [0, 0.05) is 39.1 Å². The van der Waals surface area contributed by atoms with Gasteiger partial charge in [0.15, 0.2) is 5.96 Å². The lowest BCUT2D eigenvalue weighted by Crippen LogP contribution is -2.42. The maximum absolute atomic E-state index is 12.0. The van der Waals surface area contributed by atoms with Crippen molar-refractivity contribution >= 4 is 41.8 Å². The molecule has 0 aromatic heterocycles. The topological polar surface area (TPSA) is 83.0 Å². The highest BCUT2D eigenvalue weighted by Gasteiger charge is 2.36. The Kier molecular flexibility index (Phi) is 9.52. The van der Waals surface area contributed by atoms with Gasteiger partial charge in [-0.3, -0.25) is 14.6 Å². The molecule has 1 aliphatic heterocycles. The number of guanidine groups is 1. The highest BCUT2D eigenvalue weighted by molar-refractivity contribution is 14.0. The summed E-state index contributed by atoms with van der Waals surface area (Å²) in [6.07, 6.45) is 5.05. The highest BCUT2D eigenvalue weighted by Crippen LogP contribution is 2.24. The molecule has 1 saturated heterocycles. The van der Waals surface area contributed by atoms with E-state index in [1.165, 1.54) is 20.0 Å². The molecular formula is C17H31IN4O3. The minimum atomic E-state index is -0.170. The number of aliphatic imine (C=N–C) groups is 1. The van der Waals surface area contributed by atoms with Crippen LogP contribution in [0.15, 0.2) is 4.99 Å². The summed E-state index contributed by atoms with van der Waals surface area (Å²) >= 11 is 0. The Morgan fingerprint density at radius 3 is 2.52 bits per heavy atom. The second kappa shape index (κ2) is 10.8. The fourth-order valence-electron chi connectivity index (χ4n) is 3.59. The number of esters is 1. The van der Waals surface area contributed by atoms with Crippen molar-refractivity contribution in [3.05, 3.63) is 0 Å². The number of carbonyl (C=O) groups is 2. The van der Waals surface area contributed by atoms with Gasteiger partial charge in [-0.05, 0) is 18.8 Å². The van der Waals surface area contributed by atoms with Crippen LogP contribution in [0.4, 0.5) is 0 Å². The normalized spacial score (nSPS) is 24.0. The van der Waals surface area contributed by atoms with Gasteiger partial charge < -0.3 is 20.3 Å². The number of methoxy groups -OCH3 is 1. The maximum atomic E-state index is 12.0. The zero-order valence-electron chi connectivity index (χ0n) is 15.4. The van der Waals surface area contributed by atoms with E-state index in [2.05, 4.69) is 20.5 Å². The molecule has 1 heterocycles. The quantitative estimate of drug-likeness (QED) is 0.277. The molecule has 0 aromatic carbocycles. The number of rotatable bonds is 5. The summed E-state index contributed by atoms with van der Waals surface area (Å²) in [4.78, 5) is 30.1. The first-order valence-electron chi connectivity index (χ1n) is 8.88. The van der Waals surface area contributed by atoms with Crippen molar-refractivity contribution in [1.29, 1.82) is 0 Å². The average molecular weight is 466 g/mol. The van der Waals surface area contributed by atoms with Crippen molar-refractivity contribution in [3.8, 4) is 0 Å². The molecule has 1 saturated carbocycles. The predicted octanol–water partition coefficient (Wildman–Crippen LogP) is 1.37. The Morgan fingerprint density at radius 2 is 1.92 bits per heavy atom. The first-order chi connectivity index (χ1) is 11.5. The molecular weight excluding hydrogens is 435 g/mol. The smallest absolute Gasteiger partial charge is 0.310 e. The minimum Gasteiger partial charge on any atom is -0.469 e. The summed E-state index contributed by atoms with van der Waals surface area (Å²) in [7, 11) is 3.14. The summed E-state index contributed by atoms with van der Waals surface area (Å²) in [6, 6.07) is 0.358. The average Bonchev–Trinajstić information content (AvgIpc) is 3.20. The maximum Gasteiger partial charge on any atom is 0.310 e. The number of hydrogen-bond acceptors (Lipinski definition) is 4. The Labute approximate surface area is 167 Å². The van der Waals surface area contributed by atoms with Gasteiger partial charge in [-0.2, -0.15) is 0 Å². The fraction of sp³-hybridized carbons (Fsp3) is 0.824. The molecule has 1 aliphatic carbocycles. The Morgan fingerprint density at radius 1 is 1.24 bits per heavy atom. The molecule has 2 N–H and O–H groups in total. The van der Waals surface area contributed by atoms with Crippen molar-refractivity contribution in [3.63, 3.8) is 0 Å². The molecule has 0 spiro atoms. The molecule has 1 amide bonds. The lowest BCUT2D eigenvalue weighted by molar-refractivity contribution is -0.146. The van der Waals surface area contributed by atoms with E-state index in [1.54, 1.807) is 7.05 Å². The second-order valence-corrected chi connectivity index (χ2v) is 6.78. The van der Waals surface area contributed by atoms with Crippen LogP contribution in [-0.4, -0.2) is 62.6 Å². The zero-order valence-corrected chi connectivity index (χ0v) is 17.7. The molecule has 7 nitrogen and oxygen atoms in total. The van der Waals surface area contributed by atoms with Gasteiger partial charge in [0.05, 0.1) is 13.0 Å². The number of nitrogens with one attached hydrogen (secondary N) is 2. The number of hydrogen-bond donors (Lipinski definition) is 2. The number of likely N-dealkylation sites (tertiary alicyclic amines) is 1. The molecule has 8 heteroatoms. The van der Waals surface area contributed by atoms with Crippen LogP contribution in [0.25, 0.3) is 0 Å². The Hall–Kier alpha value is -1.06. The standard InChI is InChI=1S/C17H30N4O3.HI/c1-12-10-21(11-14(12)16(23)24-3)17(18-2)19-9-8-15(22)20-13-6-4-5-7-13;/h12-14H,4-11H2,1-3H3,(H,18,19)(H,20,22);1H. The largest absolute Gasteiger partial charge is 0.469 e. The van der Waals surface area contributed by atoms with E-state index in [1.807, 2.05) is 6.92 Å². The lowest BCUT2D eigenvalue weighted by Gasteiger charge is -2.21. The minimum absolute atomic E-state index is 0. The van der Waals surface area contributed by atoms with E-state index < -0.39 is 0 Å². The molecule has 2 atom stereocenters. The van der Waals surface area contributed by atoms with Crippen LogP contribution >= 0.6 is 24.0 Å². The van der Waals surface area contributed by atoms with Gasteiger partial charge in [-0.15, -0.1) is 24.0 Å². The van der Waals surface area contributed by atoms with Gasteiger partial charge in [-0.1, -0.05) is 19.8 Å². The summed E-state index contributed by atoms with van der Waals surface area (Å²) in [5, 5.41) is 6.31. The third-order valence-electron chi connectivity index (χ3n) is 4.98. The molecule has 0 radical (unpaired) electrons. The van der Waals surface area contributed by atoms with E-state index in [-0.39, 0.29) is 47.7 Å². The molecule has 25 heavy (non-hydrogen) atoms. The van der Waals surface area contributed by atoms with Gasteiger partial charge in [0.2, 0.25) is 5.91 Å². The fourth-order valence-corrected chi connectivity index (χ4v) is 3.59. The molecule has 2 aliphatic rings. The van der Waals surface area contributed by atoms with Crippen molar-refractivity contribution in [2.24, 2.45) is 16.8 Å². The van der Waals surface area contributed by atoms with E-state index in [0.717, 1.165) is 25.3 Å². The van der Waals surface area contributed by atoms with Crippen LogP contribution in [0.5, 0.6) is 0 Å². The van der Waals surface area contributed by atoms with Crippen LogP contribution in [0.1, 0.15) is 39.0 Å². The van der Waals surface area contributed by atoms with Crippen LogP contribution < -0.4 is 10.6 Å². The van der Waals surface area contributed by atoms with Crippen molar-refractivity contribution in [2.45, 2.75) is 45.1 Å². The van der Waals surface area contributed by atoms with E-state index in [4.69, 9.17) is 4.74 Å². The Balaban J connectivity index is 0.00000312. The number of amides is 1. The van der Waals surface area contributed by atoms with E-state index in [9.17, 15) is 9.59 Å². The molecule has 0 aromatic rings. The lowest BCUT2D eigenvalue weighted by atomic mass is 9.99. The van der Waals surface area contributed by atoms with E-state index >= 15 is 0 Å². The number of nitrogens with zero attached hydrogens (tertiary/aromatic N) is 2. The molecule has 2 rings (SSSR count). The predicted molar refractivity (Wildman–Crippen MR) is 108 cm³/mol. The third kappa shape index (κ3) is 6.31. The van der Waals surface area contributed by atoms with Crippen molar-refractivity contribution in [1.82, 2.24) is 15.5 Å². The first kappa shape index (κ1) is 22.0. The van der Waals surface area contributed by atoms with Gasteiger partial charge in [0.1, 0.15) is 0 Å². The summed E-state index contributed by atoms with van der Waals surface area (Å²) in [5.74, 6) is 0.756.